The SMILES string of the molecule is C[C@H](N)c1ccc(N2CC3CCCC3C2)cc1. The van der Waals surface area contributed by atoms with E-state index in [0.717, 1.165) is 11.8 Å². The van der Waals surface area contributed by atoms with Crippen molar-refractivity contribution < 1.29 is 0 Å². The molecule has 2 fully saturated rings. The van der Waals surface area contributed by atoms with Crippen LogP contribution in [0.4, 0.5) is 5.69 Å². The molecule has 3 rings (SSSR count). The van der Waals surface area contributed by atoms with E-state index in [-0.39, 0.29) is 6.04 Å². The number of anilines is 1. The van der Waals surface area contributed by atoms with Gasteiger partial charge in [0.2, 0.25) is 0 Å². The van der Waals surface area contributed by atoms with Gasteiger partial charge in [-0.2, -0.15) is 0 Å². The number of nitrogens with two attached hydrogens (primary N) is 1. The molecule has 3 atom stereocenters. The fourth-order valence-electron chi connectivity index (χ4n) is 3.43. The van der Waals surface area contributed by atoms with E-state index in [1.807, 2.05) is 6.92 Å². The summed E-state index contributed by atoms with van der Waals surface area (Å²) in [6.07, 6.45) is 4.34. The highest BCUT2D eigenvalue weighted by Crippen LogP contribution is 2.39. The molecule has 0 bridgehead atoms. The minimum absolute atomic E-state index is 0.141. The van der Waals surface area contributed by atoms with Crippen molar-refractivity contribution >= 4 is 5.69 Å². The van der Waals surface area contributed by atoms with Crippen LogP contribution in [0.15, 0.2) is 24.3 Å². The van der Waals surface area contributed by atoms with Crippen LogP contribution in [0.2, 0.25) is 0 Å². The fourth-order valence-corrected chi connectivity index (χ4v) is 3.43. The lowest BCUT2D eigenvalue weighted by atomic mass is 10.0. The van der Waals surface area contributed by atoms with Gasteiger partial charge in [-0.3, -0.25) is 0 Å². The number of benzene rings is 1. The van der Waals surface area contributed by atoms with Crippen LogP contribution in [0.3, 0.4) is 0 Å². The van der Waals surface area contributed by atoms with Crippen molar-refractivity contribution in [2.75, 3.05) is 18.0 Å². The molecule has 2 unspecified atom stereocenters. The average molecular weight is 230 g/mol. The molecule has 1 saturated heterocycles. The van der Waals surface area contributed by atoms with Crippen LogP contribution >= 0.6 is 0 Å². The summed E-state index contributed by atoms with van der Waals surface area (Å²) in [7, 11) is 0. The van der Waals surface area contributed by atoms with Gasteiger partial charge in [-0.05, 0) is 49.3 Å². The van der Waals surface area contributed by atoms with Gasteiger partial charge in [-0.1, -0.05) is 18.6 Å². The first kappa shape index (κ1) is 11.1. The zero-order valence-electron chi connectivity index (χ0n) is 10.6. The summed E-state index contributed by atoms with van der Waals surface area (Å²) in [5.74, 6) is 1.92. The molecule has 92 valence electrons. The Kier molecular flexibility index (Phi) is 2.83. The molecule has 0 aromatic heterocycles. The lowest BCUT2D eigenvalue weighted by molar-refractivity contribution is 0.494. The number of nitrogens with zero attached hydrogens (tertiary/aromatic N) is 1. The summed E-state index contributed by atoms with van der Waals surface area (Å²) in [6, 6.07) is 8.96. The van der Waals surface area contributed by atoms with E-state index in [9.17, 15) is 0 Å². The van der Waals surface area contributed by atoms with Gasteiger partial charge in [0.1, 0.15) is 0 Å². The summed E-state index contributed by atoms with van der Waals surface area (Å²) < 4.78 is 0. The van der Waals surface area contributed by atoms with E-state index < -0.39 is 0 Å². The van der Waals surface area contributed by atoms with Gasteiger partial charge in [-0.15, -0.1) is 0 Å². The van der Waals surface area contributed by atoms with E-state index in [1.54, 1.807) is 0 Å². The quantitative estimate of drug-likeness (QED) is 0.846. The van der Waals surface area contributed by atoms with Gasteiger partial charge >= 0.3 is 0 Å². The molecule has 0 amide bonds. The van der Waals surface area contributed by atoms with E-state index in [4.69, 9.17) is 5.73 Å². The van der Waals surface area contributed by atoms with E-state index in [2.05, 4.69) is 29.2 Å². The first-order chi connectivity index (χ1) is 8.24. The second-order valence-electron chi connectivity index (χ2n) is 5.74. The molecule has 1 heterocycles. The van der Waals surface area contributed by atoms with E-state index >= 15 is 0 Å². The van der Waals surface area contributed by atoms with Crippen LogP contribution in [0.1, 0.15) is 37.8 Å². The lowest BCUT2D eigenvalue weighted by Crippen LogP contribution is -2.20. The highest BCUT2D eigenvalue weighted by Gasteiger charge is 2.35. The predicted molar refractivity (Wildman–Crippen MR) is 72.1 cm³/mol. The number of hydrogen-bond acceptors (Lipinski definition) is 2. The topological polar surface area (TPSA) is 29.3 Å². The normalized spacial score (nSPS) is 29.4. The molecular weight excluding hydrogens is 208 g/mol. The van der Waals surface area contributed by atoms with Crippen molar-refractivity contribution in [3.05, 3.63) is 29.8 Å². The Morgan fingerprint density at radius 1 is 1.12 bits per heavy atom. The van der Waals surface area contributed by atoms with Crippen molar-refractivity contribution in [2.45, 2.75) is 32.2 Å². The largest absolute Gasteiger partial charge is 0.371 e. The van der Waals surface area contributed by atoms with Crippen LogP contribution in [0.5, 0.6) is 0 Å². The predicted octanol–water partition coefficient (Wildman–Crippen LogP) is 2.94. The summed E-state index contributed by atoms with van der Waals surface area (Å²) in [4.78, 5) is 2.56. The van der Waals surface area contributed by atoms with Gasteiger partial charge in [0.15, 0.2) is 0 Å². The van der Waals surface area contributed by atoms with Gasteiger partial charge < -0.3 is 10.6 Å². The molecule has 2 N–H and O–H groups in total. The van der Waals surface area contributed by atoms with Crippen LogP contribution in [-0.2, 0) is 0 Å². The maximum atomic E-state index is 5.88. The standard InChI is InChI=1S/C15H22N2/c1-11(16)12-5-7-15(8-6-12)17-9-13-3-2-4-14(13)10-17/h5-8,11,13-14H,2-4,9-10,16H2,1H3/t11-,13?,14?/m0/s1. The van der Waals surface area contributed by atoms with Crippen molar-refractivity contribution in [2.24, 2.45) is 17.6 Å². The Balaban J connectivity index is 1.73. The molecule has 1 aliphatic carbocycles. The fraction of sp³-hybridized carbons (Fsp3) is 0.600. The Bertz CT molecular complexity index is 370. The van der Waals surface area contributed by atoms with Crippen LogP contribution in [0, 0.1) is 11.8 Å². The zero-order valence-corrected chi connectivity index (χ0v) is 10.6. The monoisotopic (exact) mass is 230 g/mol. The highest BCUT2D eigenvalue weighted by molar-refractivity contribution is 5.49. The van der Waals surface area contributed by atoms with Crippen LogP contribution < -0.4 is 10.6 Å². The van der Waals surface area contributed by atoms with Crippen molar-refractivity contribution in [3.63, 3.8) is 0 Å². The van der Waals surface area contributed by atoms with Gasteiger partial charge in [0, 0.05) is 24.8 Å². The third-order valence-corrected chi connectivity index (χ3v) is 4.51. The van der Waals surface area contributed by atoms with Gasteiger partial charge in [0.05, 0.1) is 0 Å². The number of fused-ring (bicyclic) bond motifs is 1. The molecule has 1 saturated carbocycles. The number of rotatable bonds is 2. The van der Waals surface area contributed by atoms with E-state index in [0.29, 0.717) is 0 Å². The Labute approximate surface area is 104 Å². The molecule has 1 aromatic carbocycles. The van der Waals surface area contributed by atoms with Crippen LogP contribution in [-0.4, -0.2) is 13.1 Å². The molecule has 1 aliphatic heterocycles. The van der Waals surface area contributed by atoms with Gasteiger partial charge in [-0.25, -0.2) is 0 Å². The smallest absolute Gasteiger partial charge is 0.0366 e. The molecule has 2 nitrogen and oxygen atoms in total. The molecule has 2 aliphatic rings. The summed E-state index contributed by atoms with van der Waals surface area (Å²) in [5, 5.41) is 0. The third-order valence-electron chi connectivity index (χ3n) is 4.51. The maximum Gasteiger partial charge on any atom is 0.0366 e. The van der Waals surface area contributed by atoms with E-state index in [1.165, 1.54) is 43.6 Å². The number of hydrogen-bond donors (Lipinski definition) is 1. The molecule has 0 spiro atoms. The molecular formula is C15H22N2. The molecule has 0 radical (unpaired) electrons. The second kappa shape index (κ2) is 4.34. The lowest BCUT2D eigenvalue weighted by Gasteiger charge is -2.20. The minimum atomic E-state index is 0.141. The average Bonchev–Trinajstić information content (AvgIpc) is 2.89. The van der Waals surface area contributed by atoms with Crippen molar-refractivity contribution in [1.29, 1.82) is 0 Å². The van der Waals surface area contributed by atoms with Crippen molar-refractivity contribution in [3.8, 4) is 0 Å². The Morgan fingerprint density at radius 2 is 1.71 bits per heavy atom. The third kappa shape index (κ3) is 2.06. The Morgan fingerprint density at radius 3 is 2.24 bits per heavy atom. The van der Waals surface area contributed by atoms with Gasteiger partial charge in [0.25, 0.3) is 0 Å². The molecule has 17 heavy (non-hydrogen) atoms. The molecule has 1 aromatic rings. The summed E-state index contributed by atoms with van der Waals surface area (Å²) in [5.41, 5.74) is 8.49. The summed E-state index contributed by atoms with van der Waals surface area (Å²) in [6.45, 7) is 4.57. The zero-order chi connectivity index (χ0) is 11.8. The minimum Gasteiger partial charge on any atom is -0.371 e. The Hall–Kier alpha value is -1.02. The maximum absolute atomic E-state index is 5.88. The van der Waals surface area contributed by atoms with Crippen LogP contribution in [0.25, 0.3) is 0 Å². The highest BCUT2D eigenvalue weighted by atomic mass is 15.2. The van der Waals surface area contributed by atoms with Crippen molar-refractivity contribution in [1.82, 2.24) is 0 Å². The summed E-state index contributed by atoms with van der Waals surface area (Å²) >= 11 is 0. The first-order valence-electron chi connectivity index (χ1n) is 6.84. The molecule has 2 heteroatoms. The first-order valence-corrected chi connectivity index (χ1v) is 6.84. The second-order valence-corrected chi connectivity index (χ2v) is 5.74.